The van der Waals surface area contributed by atoms with Gasteiger partial charge in [0.15, 0.2) is 25.2 Å². The second kappa shape index (κ2) is 23.1. The molecule has 0 aromatic rings. The van der Waals surface area contributed by atoms with E-state index in [0.717, 1.165) is 5.57 Å². The fourth-order valence-electron chi connectivity index (χ4n) is 16.4. The van der Waals surface area contributed by atoms with Crippen LogP contribution in [0, 0.1) is 45.3 Å². The third kappa shape index (κ3) is 10.7. The Balaban J connectivity index is 1.12. The summed E-state index contributed by atoms with van der Waals surface area (Å²) in [6.45, 7) is 15.6. The standard InChI is InChI=1S/C54H92O23/c1-22(2)11-10-14-54(9,77-48-42(69)39(66)43(29(21-57)74-48)75-47-41(68)37(64)34(61)27(19-55)72-47)24-12-16-52(7)32(24)25(58)17-30-51(6)15-13-31(59)50(4,5)45(51)26(18-53(30,52)8)71-49-44(38(65)35(62)28(20-56)73-49)76-46-40(67)36(63)33(60)23(3)70-46/h11,23-49,55-69H,10,12-21H2,1-9H3. The second-order valence-electron chi connectivity index (χ2n) is 25.8. The molecular formula is C54H92O23. The van der Waals surface area contributed by atoms with Crippen molar-refractivity contribution < 1.29 is 114 Å². The Morgan fingerprint density at radius 2 is 1.12 bits per heavy atom. The van der Waals surface area contributed by atoms with Gasteiger partial charge in [0.05, 0.1) is 49.8 Å². The van der Waals surface area contributed by atoms with Gasteiger partial charge in [0.2, 0.25) is 0 Å². The number of hydrogen-bond acceptors (Lipinski definition) is 23. The van der Waals surface area contributed by atoms with Crippen LogP contribution in [0.4, 0.5) is 0 Å². The van der Waals surface area contributed by atoms with Crippen molar-refractivity contribution in [3.05, 3.63) is 11.6 Å². The maximum Gasteiger partial charge on any atom is 0.187 e. The Morgan fingerprint density at radius 3 is 1.73 bits per heavy atom. The Labute approximate surface area is 450 Å². The Bertz CT molecular complexity index is 2010. The highest BCUT2D eigenvalue weighted by Crippen LogP contribution is 2.76. The smallest absolute Gasteiger partial charge is 0.187 e. The van der Waals surface area contributed by atoms with Gasteiger partial charge in [0, 0.05) is 0 Å². The summed E-state index contributed by atoms with van der Waals surface area (Å²) in [6, 6.07) is 0. The Kier molecular flexibility index (Phi) is 18.6. The zero-order chi connectivity index (χ0) is 56.8. The molecule has 4 saturated heterocycles. The predicted molar refractivity (Wildman–Crippen MR) is 266 cm³/mol. The Hall–Kier alpha value is -1.18. The summed E-state index contributed by atoms with van der Waals surface area (Å²) in [4.78, 5) is 0. The molecule has 31 atom stereocenters. The van der Waals surface area contributed by atoms with Crippen molar-refractivity contribution in [3.8, 4) is 0 Å². The number of allylic oxidation sites excluding steroid dienone is 2. The van der Waals surface area contributed by atoms with Crippen molar-refractivity contribution in [3.63, 3.8) is 0 Å². The van der Waals surface area contributed by atoms with Crippen LogP contribution in [-0.2, 0) is 37.9 Å². The predicted octanol–water partition coefficient (Wildman–Crippen LogP) is -2.20. The van der Waals surface area contributed by atoms with E-state index in [-0.39, 0.29) is 5.92 Å². The highest BCUT2D eigenvalue weighted by Gasteiger charge is 2.74. The highest BCUT2D eigenvalue weighted by molar-refractivity contribution is 5.22. The van der Waals surface area contributed by atoms with Crippen molar-refractivity contribution in [2.75, 3.05) is 19.8 Å². The van der Waals surface area contributed by atoms with Gasteiger partial charge in [-0.25, -0.2) is 0 Å². The summed E-state index contributed by atoms with van der Waals surface area (Å²) in [7, 11) is 0. The average molecular weight is 1110 g/mol. The first-order valence-electron chi connectivity index (χ1n) is 27.8. The molecule has 0 aromatic carbocycles. The van der Waals surface area contributed by atoms with Gasteiger partial charge in [-0.1, -0.05) is 46.3 Å². The van der Waals surface area contributed by atoms with Crippen LogP contribution in [0.15, 0.2) is 11.6 Å². The molecule has 31 unspecified atom stereocenters. The summed E-state index contributed by atoms with van der Waals surface area (Å²) in [5.74, 6) is -1.45. The number of hydrogen-bond donors (Lipinski definition) is 15. The van der Waals surface area contributed by atoms with Crippen LogP contribution >= 0.6 is 0 Å². The topological polar surface area (TPSA) is 377 Å². The first-order chi connectivity index (χ1) is 36.0. The summed E-state index contributed by atoms with van der Waals surface area (Å²) in [5, 5.41) is 166. The molecule has 0 amide bonds. The fraction of sp³-hybridized carbons (Fsp3) is 0.963. The molecule has 0 spiro atoms. The maximum atomic E-state index is 12.9. The number of fused-ring (bicyclic) bond motifs is 5. The molecule has 8 rings (SSSR count). The van der Waals surface area contributed by atoms with Crippen LogP contribution in [0.1, 0.15) is 114 Å². The minimum Gasteiger partial charge on any atom is -0.394 e. The number of rotatable bonds is 15. The molecule has 77 heavy (non-hydrogen) atoms. The Morgan fingerprint density at radius 1 is 0.584 bits per heavy atom. The van der Waals surface area contributed by atoms with E-state index >= 15 is 0 Å². The van der Waals surface area contributed by atoms with Crippen LogP contribution in [0.2, 0.25) is 0 Å². The summed E-state index contributed by atoms with van der Waals surface area (Å²) >= 11 is 0. The molecule has 8 fully saturated rings. The minimum absolute atomic E-state index is 0.152. The molecule has 23 nitrogen and oxygen atoms in total. The van der Waals surface area contributed by atoms with E-state index < -0.39 is 206 Å². The molecule has 0 bridgehead atoms. The van der Waals surface area contributed by atoms with Gasteiger partial charge in [-0.2, -0.15) is 0 Å². The molecule has 0 radical (unpaired) electrons. The quantitative estimate of drug-likeness (QED) is 0.0611. The normalized spacial score (nSPS) is 53.6. The zero-order valence-corrected chi connectivity index (χ0v) is 45.9. The second-order valence-corrected chi connectivity index (χ2v) is 25.8. The first-order valence-corrected chi connectivity index (χ1v) is 27.8. The molecule has 23 heteroatoms. The van der Waals surface area contributed by atoms with Crippen LogP contribution in [-0.4, -0.2) is 243 Å². The first kappa shape index (κ1) is 61.9. The molecule has 446 valence electrons. The maximum absolute atomic E-state index is 12.9. The van der Waals surface area contributed by atoms with Gasteiger partial charge in [0.1, 0.15) is 91.6 Å². The monoisotopic (exact) mass is 1110 g/mol. The van der Waals surface area contributed by atoms with Gasteiger partial charge in [-0.05, 0) is 124 Å². The van der Waals surface area contributed by atoms with Crippen molar-refractivity contribution in [2.24, 2.45) is 45.3 Å². The van der Waals surface area contributed by atoms with Crippen LogP contribution < -0.4 is 0 Å². The van der Waals surface area contributed by atoms with Gasteiger partial charge in [0.25, 0.3) is 0 Å². The summed E-state index contributed by atoms with van der Waals surface area (Å²) in [6.07, 6.45) is -28.6. The number of aliphatic hydroxyl groups excluding tert-OH is 15. The lowest BCUT2D eigenvalue weighted by Crippen LogP contribution is -2.71. The minimum atomic E-state index is -1.85. The van der Waals surface area contributed by atoms with Gasteiger partial charge < -0.3 is 114 Å². The van der Waals surface area contributed by atoms with Crippen LogP contribution in [0.25, 0.3) is 0 Å². The molecule has 4 aliphatic carbocycles. The molecule has 15 N–H and O–H groups in total. The van der Waals surface area contributed by atoms with E-state index in [4.69, 9.17) is 37.9 Å². The molecule has 4 aliphatic heterocycles. The van der Waals surface area contributed by atoms with Crippen molar-refractivity contribution in [2.45, 2.75) is 260 Å². The van der Waals surface area contributed by atoms with E-state index in [9.17, 15) is 76.6 Å². The summed E-state index contributed by atoms with van der Waals surface area (Å²) in [5.41, 5.74) is -2.90. The lowest BCUT2D eigenvalue weighted by Gasteiger charge is -2.72. The van der Waals surface area contributed by atoms with Gasteiger partial charge in [-0.3, -0.25) is 0 Å². The fourth-order valence-corrected chi connectivity index (χ4v) is 16.4. The highest BCUT2D eigenvalue weighted by atomic mass is 16.8. The van der Waals surface area contributed by atoms with Crippen molar-refractivity contribution in [1.29, 1.82) is 0 Å². The average Bonchev–Trinajstić information content (AvgIpc) is 3.98. The van der Waals surface area contributed by atoms with Gasteiger partial charge in [-0.15, -0.1) is 0 Å². The van der Waals surface area contributed by atoms with E-state index in [1.54, 1.807) is 0 Å². The zero-order valence-electron chi connectivity index (χ0n) is 45.9. The number of ether oxygens (including phenoxy) is 8. The molecule has 4 saturated carbocycles. The van der Waals surface area contributed by atoms with Gasteiger partial charge >= 0.3 is 0 Å². The van der Waals surface area contributed by atoms with Crippen LogP contribution in [0.3, 0.4) is 0 Å². The molecule has 0 aromatic heterocycles. The molecular weight excluding hydrogens is 1020 g/mol. The van der Waals surface area contributed by atoms with E-state index in [1.807, 2.05) is 34.6 Å². The molecule has 8 aliphatic rings. The van der Waals surface area contributed by atoms with E-state index in [2.05, 4.69) is 26.8 Å². The summed E-state index contributed by atoms with van der Waals surface area (Å²) < 4.78 is 50.0. The van der Waals surface area contributed by atoms with E-state index in [0.29, 0.717) is 51.4 Å². The van der Waals surface area contributed by atoms with Crippen LogP contribution in [0.5, 0.6) is 0 Å². The molecule has 4 heterocycles. The number of aliphatic hydroxyl groups is 15. The third-order valence-corrected chi connectivity index (χ3v) is 20.8. The SMILES string of the molecule is CC(C)=CCCC(C)(OC1OC(CO)C(OC2OC(CO)C(O)C(O)C2O)C(O)C1O)C1CCC2(C)C1C(O)CC1C3(C)CCC(O)C(C)(C)C3C(OC3OC(CO)C(O)C(O)C3OC3OC(C)C(O)C(O)C3O)CC12C. The van der Waals surface area contributed by atoms with Crippen molar-refractivity contribution >= 4 is 0 Å². The van der Waals surface area contributed by atoms with Crippen molar-refractivity contribution in [1.82, 2.24) is 0 Å². The van der Waals surface area contributed by atoms with E-state index in [1.165, 1.54) is 6.92 Å². The third-order valence-electron chi connectivity index (χ3n) is 20.8. The lowest BCUT2D eigenvalue weighted by atomic mass is 9.34. The lowest BCUT2D eigenvalue weighted by molar-refractivity contribution is -0.382. The largest absolute Gasteiger partial charge is 0.394 e.